The Bertz CT molecular complexity index is 1080. The van der Waals surface area contributed by atoms with Crippen LogP contribution in [-0.2, 0) is 19.4 Å². The number of ketones is 1. The molecule has 0 saturated carbocycles. The molecule has 7 heteroatoms. The average molecular weight is 455 g/mol. The second kappa shape index (κ2) is 9.96. The molecule has 170 valence electrons. The number of hydrogen-bond acceptors (Lipinski definition) is 6. The van der Waals surface area contributed by atoms with Crippen LogP contribution < -0.4 is 5.32 Å². The number of ether oxygens (including phenoxy) is 1. The predicted molar refractivity (Wildman–Crippen MR) is 123 cm³/mol. The molecule has 0 radical (unpaired) electrons. The van der Waals surface area contributed by atoms with Gasteiger partial charge in [-0.15, -0.1) is 0 Å². The van der Waals surface area contributed by atoms with Crippen molar-refractivity contribution >= 4 is 15.6 Å². The quantitative estimate of drug-likeness (QED) is 0.707. The van der Waals surface area contributed by atoms with Crippen molar-refractivity contribution in [1.82, 2.24) is 10.3 Å². The first-order chi connectivity index (χ1) is 15.5. The van der Waals surface area contributed by atoms with Crippen LogP contribution in [0.5, 0.6) is 0 Å². The second-order valence-electron chi connectivity index (χ2n) is 8.45. The number of carbonyl (C=O) groups excluding carboxylic acids is 1. The summed E-state index contributed by atoms with van der Waals surface area (Å²) >= 11 is 0. The Labute approximate surface area is 190 Å². The summed E-state index contributed by atoms with van der Waals surface area (Å²) in [6.07, 6.45) is 4.65. The van der Waals surface area contributed by atoms with E-state index in [1.54, 1.807) is 12.1 Å². The predicted octanol–water partition coefficient (Wildman–Crippen LogP) is 4.11. The molecule has 2 unspecified atom stereocenters. The van der Waals surface area contributed by atoms with Crippen LogP contribution in [0.25, 0.3) is 0 Å². The Morgan fingerprint density at radius 1 is 1.16 bits per heavy atom. The average Bonchev–Trinajstić information content (AvgIpc) is 2.82. The van der Waals surface area contributed by atoms with Crippen LogP contribution >= 0.6 is 0 Å². The van der Waals surface area contributed by atoms with Gasteiger partial charge in [-0.25, -0.2) is 8.42 Å². The molecule has 0 aliphatic carbocycles. The summed E-state index contributed by atoms with van der Waals surface area (Å²) in [4.78, 5) is 17.3. The molecule has 2 atom stereocenters. The molecule has 0 bridgehead atoms. The van der Waals surface area contributed by atoms with Crippen molar-refractivity contribution in [2.24, 2.45) is 0 Å². The lowest BCUT2D eigenvalue weighted by Crippen LogP contribution is -2.32. The number of aromatic nitrogens is 1. The monoisotopic (exact) mass is 454 g/mol. The number of Topliss-reactive ketones (excluding diaryl/α,β-unsaturated/α-hetero) is 1. The first-order valence-corrected chi connectivity index (χ1v) is 12.9. The number of carbonyl (C=O) groups is 1. The van der Waals surface area contributed by atoms with Gasteiger partial charge in [0, 0.05) is 48.5 Å². The van der Waals surface area contributed by atoms with Crippen LogP contribution in [0, 0.1) is 0 Å². The molecule has 2 aliphatic heterocycles. The third-order valence-electron chi connectivity index (χ3n) is 6.33. The van der Waals surface area contributed by atoms with Crippen molar-refractivity contribution in [1.29, 1.82) is 0 Å². The Morgan fingerprint density at radius 3 is 2.69 bits per heavy atom. The minimum absolute atomic E-state index is 0.0492. The van der Waals surface area contributed by atoms with Gasteiger partial charge in [-0.2, -0.15) is 0 Å². The number of nitrogens with one attached hydrogen (secondary N) is 1. The Kier molecular flexibility index (Phi) is 7.06. The fourth-order valence-electron chi connectivity index (χ4n) is 4.48. The van der Waals surface area contributed by atoms with Crippen molar-refractivity contribution < 1.29 is 17.9 Å². The zero-order chi connectivity index (χ0) is 22.6. The molecular formula is C25H30N2O4S. The molecular weight excluding hydrogens is 424 g/mol. The standard InChI is InChI=1S/C25H30N2O4S/c1-2-6-25(18-7-4-3-5-8-18)32(29,30)20-10-11-22(27-16-20)19-9-12-24(28)21-17-31-14-13-23(21)26-15-19/h3-5,7-8,10-11,16,19,25-26H,2,6,9,12-15,17H2,1H3. The molecule has 0 fully saturated rings. The van der Waals surface area contributed by atoms with Crippen LogP contribution in [0.15, 0.2) is 64.8 Å². The number of pyridine rings is 1. The summed E-state index contributed by atoms with van der Waals surface area (Å²) in [7, 11) is -3.55. The lowest BCUT2D eigenvalue weighted by molar-refractivity contribution is -0.116. The molecule has 3 heterocycles. The van der Waals surface area contributed by atoms with Crippen LogP contribution in [0.4, 0.5) is 0 Å². The Hall–Kier alpha value is -2.51. The minimum Gasteiger partial charge on any atom is -0.387 e. The molecule has 0 amide bonds. The van der Waals surface area contributed by atoms with E-state index in [0.717, 1.165) is 35.4 Å². The highest BCUT2D eigenvalue weighted by Gasteiger charge is 2.30. The number of nitrogens with zero attached hydrogens (tertiary/aromatic N) is 1. The Balaban J connectivity index is 1.54. The first kappa shape index (κ1) is 22.7. The summed E-state index contributed by atoms with van der Waals surface area (Å²) in [5.74, 6) is 0.175. The largest absolute Gasteiger partial charge is 0.387 e. The highest BCUT2D eigenvalue weighted by molar-refractivity contribution is 7.91. The highest BCUT2D eigenvalue weighted by Crippen LogP contribution is 2.33. The molecule has 32 heavy (non-hydrogen) atoms. The maximum atomic E-state index is 13.4. The zero-order valence-electron chi connectivity index (χ0n) is 18.4. The highest BCUT2D eigenvalue weighted by atomic mass is 32.2. The summed E-state index contributed by atoms with van der Waals surface area (Å²) in [6.45, 7) is 3.68. The van der Waals surface area contributed by atoms with E-state index in [-0.39, 0.29) is 16.6 Å². The summed E-state index contributed by atoms with van der Waals surface area (Å²) in [5, 5.41) is 2.84. The van der Waals surface area contributed by atoms with Crippen molar-refractivity contribution in [3.63, 3.8) is 0 Å². The van der Waals surface area contributed by atoms with E-state index in [1.807, 2.05) is 37.3 Å². The number of rotatable bonds is 6. The van der Waals surface area contributed by atoms with Gasteiger partial charge < -0.3 is 10.1 Å². The van der Waals surface area contributed by atoms with E-state index in [1.165, 1.54) is 6.20 Å². The van der Waals surface area contributed by atoms with Gasteiger partial charge in [0.1, 0.15) is 0 Å². The number of benzene rings is 1. The summed E-state index contributed by atoms with van der Waals surface area (Å²) in [6, 6.07) is 12.9. The third kappa shape index (κ3) is 4.79. The third-order valence-corrected chi connectivity index (χ3v) is 8.48. The van der Waals surface area contributed by atoms with Crippen LogP contribution in [0.3, 0.4) is 0 Å². The molecule has 6 nitrogen and oxygen atoms in total. The Morgan fingerprint density at radius 2 is 1.97 bits per heavy atom. The van der Waals surface area contributed by atoms with Crippen molar-refractivity contribution in [3.8, 4) is 0 Å². The van der Waals surface area contributed by atoms with Gasteiger partial charge in [-0.1, -0.05) is 43.7 Å². The maximum Gasteiger partial charge on any atom is 0.186 e. The topological polar surface area (TPSA) is 85.4 Å². The van der Waals surface area contributed by atoms with Gasteiger partial charge in [-0.05, 0) is 30.5 Å². The SMILES string of the molecule is CCCC(c1ccccc1)S(=O)(=O)c1ccc(C2CCC(=O)C3=C(CCOC3)NC2)nc1. The van der Waals surface area contributed by atoms with Crippen molar-refractivity contribution in [2.45, 2.75) is 55.1 Å². The van der Waals surface area contributed by atoms with Gasteiger partial charge in [0.15, 0.2) is 15.6 Å². The fraction of sp³-hybridized carbons (Fsp3) is 0.440. The zero-order valence-corrected chi connectivity index (χ0v) is 19.2. The van der Waals surface area contributed by atoms with E-state index >= 15 is 0 Å². The van der Waals surface area contributed by atoms with Crippen LogP contribution in [0.1, 0.15) is 61.5 Å². The smallest absolute Gasteiger partial charge is 0.186 e. The second-order valence-corrected chi connectivity index (χ2v) is 10.6. The van der Waals surface area contributed by atoms with Gasteiger partial charge in [-0.3, -0.25) is 9.78 Å². The van der Waals surface area contributed by atoms with Crippen LogP contribution in [0.2, 0.25) is 0 Å². The van der Waals surface area contributed by atoms with Crippen molar-refractivity contribution in [2.75, 3.05) is 19.8 Å². The molecule has 1 N–H and O–H groups in total. The molecule has 2 aliphatic rings. The summed E-state index contributed by atoms with van der Waals surface area (Å²) in [5.41, 5.74) is 3.37. The van der Waals surface area contributed by atoms with E-state index in [0.29, 0.717) is 39.0 Å². The van der Waals surface area contributed by atoms with Gasteiger partial charge in [0.2, 0.25) is 0 Å². The van der Waals surface area contributed by atoms with Gasteiger partial charge in [0.05, 0.1) is 23.4 Å². The molecule has 4 rings (SSSR count). The van der Waals surface area contributed by atoms with Gasteiger partial charge in [0.25, 0.3) is 0 Å². The summed E-state index contributed by atoms with van der Waals surface area (Å²) < 4.78 is 32.2. The first-order valence-electron chi connectivity index (χ1n) is 11.3. The molecule has 1 aromatic carbocycles. The molecule has 0 saturated heterocycles. The normalized spacial score (nSPS) is 20.7. The van der Waals surface area contributed by atoms with E-state index in [4.69, 9.17) is 4.74 Å². The van der Waals surface area contributed by atoms with Gasteiger partial charge >= 0.3 is 0 Å². The minimum atomic E-state index is -3.55. The van der Waals surface area contributed by atoms with E-state index in [9.17, 15) is 13.2 Å². The number of sulfone groups is 1. The maximum absolute atomic E-state index is 13.4. The number of hydrogen-bond donors (Lipinski definition) is 1. The van der Waals surface area contributed by atoms with E-state index in [2.05, 4.69) is 10.3 Å². The molecule has 2 aromatic rings. The molecule has 1 aromatic heterocycles. The fourth-order valence-corrected chi connectivity index (χ4v) is 6.33. The van der Waals surface area contributed by atoms with Crippen LogP contribution in [-0.4, -0.2) is 38.9 Å². The van der Waals surface area contributed by atoms with Crippen molar-refractivity contribution in [3.05, 3.63) is 71.2 Å². The van der Waals surface area contributed by atoms with E-state index < -0.39 is 15.1 Å². The lowest BCUT2D eigenvalue weighted by Gasteiger charge is -2.27. The molecule has 0 spiro atoms. The lowest BCUT2D eigenvalue weighted by atomic mass is 9.91.